The van der Waals surface area contributed by atoms with Crippen molar-refractivity contribution < 1.29 is 14.3 Å². The Morgan fingerprint density at radius 1 is 1.14 bits per heavy atom. The second kappa shape index (κ2) is 7.98. The Morgan fingerprint density at radius 3 is 2.71 bits per heavy atom. The van der Waals surface area contributed by atoms with Gasteiger partial charge >= 0.3 is 0 Å². The highest BCUT2D eigenvalue weighted by Gasteiger charge is 2.26. The van der Waals surface area contributed by atoms with Crippen molar-refractivity contribution >= 4 is 11.6 Å². The number of hydrogen-bond donors (Lipinski definition) is 0. The van der Waals surface area contributed by atoms with Gasteiger partial charge in [-0.3, -0.25) is 4.79 Å². The van der Waals surface area contributed by atoms with Gasteiger partial charge in [0, 0.05) is 37.9 Å². The molecule has 0 saturated carbocycles. The number of pyridine rings is 1. The van der Waals surface area contributed by atoms with E-state index < -0.39 is 0 Å². The number of ether oxygens (including phenoxy) is 2. The molecule has 1 fully saturated rings. The number of benzene rings is 1. The van der Waals surface area contributed by atoms with Gasteiger partial charge in [-0.15, -0.1) is 0 Å². The van der Waals surface area contributed by atoms with Crippen LogP contribution in [0.4, 0.5) is 0 Å². The highest BCUT2D eigenvalue weighted by Crippen LogP contribution is 2.28. The summed E-state index contributed by atoms with van der Waals surface area (Å²) in [6.45, 7) is 1.58. The number of carbonyl (C=O) groups excluding carboxylic acids is 1. The van der Waals surface area contributed by atoms with Gasteiger partial charge in [-0.05, 0) is 42.7 Å². The molecule has 1 aromatic carbocycles. The molecule has 7 nitrogen and oxygen atoms in total. The Hall–Kier alpha value is -2.93. The van der Waals surface area contributed by atoms with Gasteiger partial charge in [0.2, 0.25) is 5.91 Å². The standard InChI is InChI=1S/C21H24N4O3/c1-27-14-20(26)24-10-8-15(9-11-24)21-22-19-7-6-17(13-25(19)23-21)16-4-3-5-18(12-16)28-2/h3-7,12-13,15H,8-11,14H2,1-2H3. The van der Waals surface area contributed by atoms with Gasteiger partial charge in [0.25, 0.3) is 0 Å². The molecule has 1 aliphatic rings. The third-order valence-corrected chi connectivity index (χ3v) is 5.23. The molecule has 4 rings (SSSR count). The maximum Gasteiger partial charge on any atom is 0.248 e. The molecule has 146 valence electrons. The highest BCUT2D eigenvalue weighted by molar-refractivity contribution is 5.77. The smallest absolute Gasteiger partial charge is 0.248 e. The number of likely N-dealkylation sites (tertiary alicyclic amines) is 1. The predicted molar refractivity (Wildman–Crippen MR) is 105 cm³/mol. The molecule has 0 spiro atoms. The number of fused-ring (bicyclic) bond motifs is 1. The van der Waals surface area contributed by atoms with E-state index in [-0.39, 0.29) is 18.4 Å². The minimum atomic E-state index is 0.0480. The fraction of sp³-hybridized carbons (Fsp3) is 0.381. The fourth-order valence-electron chi connectivity index (χ4n) is 3.65. The first-order chi connectivity index (χ1) is 13.7. The van der Waals surface area contributed by atoms with Crippen molar-refractivity contribution in [2.75, 3.05) is 33.9 Å². The lowest BCUT2D eigenvalue weighted by Crippen LogP contribution is -2.39. The summed E-state index contributed by atoms with van der Waals surface area (Å²) in [4.78, 5) is 18.5. The van der Waals surface area contributed by atoms with Gasteiger partial charge in [0.15, 0.2) is 11.5 Å². The predicted octanol–water partition coefficient (Wildman–Crippen LogP) is 2.76. The van der Waals surface area contributed by atoms with E-state index in [4.69, 9.17) is 19.6 Å². The van der Waals surface area contributed by atoms with Crippen LogP contribution in [0, 0.1) is 0 Å². The molecule has 0 unspecified atom stereocenters. The van der Waals surface area contributed by atoms with Crippen LogP contribution < -0.4 is 4.74 Å². The largest absolute Gasteiger partial charge is 0.497 e. The van der Waals surface area contributed by atoms with E-state index in [9.17, 15) is 4.79 Å². The summed E-state index contributed by atoms with van der Waals surface area (Å²) in [5.74, 6) is 1.99. The normalized spacial score (nSPS) is 15.1. The maximum atomic E-state index is 12.0. The lowest BCUT2D eigenvalue weighted by Gasteiger charge is -2.30. The summed E-state index contributed by atoms with van der Waals surface area (Å²) in [5, 5.41) is 4.72. The first kappa shape index (κ1) is 18.4. The molecule has 7 heteroatoms. The van der Waals surface area contributed by atoms with Crippen LogP contribution in [-0.4, -0.2) is 59.3 Å². The van der Waals surface area contributed by atoms with Crippen molar-refractivity contribution in [2.45, 2.75) is 18.8 Å². The zero-order valence-electron chi connectivity index (χ0n) is 16.2. The molecule has 1 aliphatic heterocycles. The molecule has 0 N–H and O–H groups in total. The van der Waals surface area contributed by atoms with Crippen LogP contribution in [0.1, 0.15) is 24.6 Å². The average molecular weight is 380 g/mol. The topological polar surface area (TPSA) is 69.0 Å². The Kier molecular flexibility index (Phi) is 5.25. The van der Waals surface area contributed by atoms with Gasteiger partial charge in [-0.1, -0.05) is 12.1 Å². The third kappa shape index (κ3) is 3.71. The number of rotatable bonds is 5. The summed E-state index contributed by atoms with van der Waals surface area (Å²) in [7, 11) is 3.21. The molecule has 0 atom stereocenters. The van der Waals surface area contributed by atoms with Gasteiger partial charge in [-0.25, -0.2) is 9.50 Å². The molecule has 0 aliphatic carbocycles. The van der Waals surface area contributed by atoms with Gasteiger partial charge < -0.3 is 14.4 Å². The monoisotopic (exact) mass is 380 g/mol. The van der Waals surface area contributed by atoms with Gasteiger partial charge in [0.1, 0.15) is 12.4 Å². The number of aromatic nitrogens is 3. The number of carbonyl (C=O) groups is 1. The zero-order valence-corrected chi connectivity index (χ0v) is 16.2. The summed E-state index contributed by atoms with van der Waals surface area (Å²) < 4.78 is 12.1. The van der Waals surface area contributed by atoms with E-state index in [0.717, 1.165) is 54.3 Å². The minimum Gasteiger partial charge on any atom is -0.497 e. The maximum absolute atomic E-state index is 12.0. The first-order valence-corrected chi connectivity index (χ1v) is 9.45. The van der Waals surface area contributed by atoms with E-state index >= 15 is 0 Å². The average Bonchev–Trinajstić information content (AvgIpc) is 3.17. The van der Waals surface area contributed by atoms with Crippen molar-refractivity contribution in [1.82, 2.24) is 19.5 Å². The number of nitrogens with zero attached hydrogens (tertiary/aromatic N) is 4. The zero-order chi connectivity index (χ0) is 19.5. The fourth-order valence-corrected chi connectivity index (χ4v) is 3.65. The summed E-state index contributed by atoms with van der Waals surface area (Å²) >= 11 is 0. The van der Waals surface area contributed by atoms with Crippen molar-refractivity contribution in [1.29, 1.82) is 0 Å². The number of hydrogen-bond acceptors (Lipinski definition) is 5. The van der Waals surface area contributed by atoms with E-state index in [1.165, 1.54) is 0 Å². The molecular weight excluding hydrogens is 356 g/mol. The Balaban J connectivity index is 1.52. The molecule has 3 heterocycles. The number of amides is 1. The van der Waals surface area contributed by atoms with Crippen molar-refractivity contribution in [3.63, 3.8) is 0 Å². The summed E-state index contributed by atoms with van der Waals surface area (Å²) in [6, 6.07) is 12.0. The van der Waals surface area contributed by atoms with Crippen molar-refractivity contribution in [2.24, 2.45) is 0 Å². The molecule has 0 radical (unpaired) electrons. The van der Waals surface area contributed by atoms with Gasteiger partial charge in [0.05, 0.1) is 7.11 Å². The van der Waals surface area contributed by atoms with Gasteiger partial charge in [-0.2, -0.15) is 5.10 Å². The van der Waals surface area contributed by atoms with Crippen molar-refractivity contribution in [3.8, 4) is 16.9 Å². The Bertz CT molecular complexity index is 977. The van der Waals surface area contributed by atoms with E-state index in [2.05, 4.69) is 6.07 Å². The Labute approximate surface area is 163 Å². The van der Waals surface area contributed by atoms with E-state index in [1.54, 1.807) is 14.2 Å². The third-order valence-electron chi connectivity index (χ3n) is 5.23. The molecule has 0 bridgehead atoms. The number of methoxy groups -OCH3 is 2. The Morgan fingerprint density at radius 2 is 1.96 bits per heavy atom. The quantitative estimate of drug-likeness (QED) is 0.681. The molecule has 28 heavy (non-hydrogen) atoms. The van der Waals surface area contributed by atoms with E-state index in [1.807, 2.05) is 45.9 Å². The summed E-state index contributed by atoms with van der Waals surface area (Å²) in [5.41, 5.74) is 2.96. The molecule has 2 aromatic heterocycles. The van der Waals surface area contributed by atoms with Crippen LogP contribution in [0.3, 0.4) is 0 Å². The van der Waals surface area contributed by atoms with Crippen LogP contribution in [0.25, 0.3) is 16.8 Å². The highest BCUT2D eigenvalue weighted by atomic mass is 16.5. The van der Waals surface area contributed by atoms with Crippen molar-refractivity contribution in [3.05, 3.63) is 48.4 Å². The first-order valence-electron chi connectivity index (χ1n) is 9.45. The SMILES string of the molecule is COCC(=O)N1CCC(c2nc3ccc(-c4cccc(OC)c4)cn3n2)CC1. The lowest BCUT2D eigenvalue weighted by atomic mass is 9.96. The summed E-state index contributed by atoms with van der Waals surface area (Å²) in [6.07, 6.45) is 3.74. The molecular formula is C21H24N4O3. The molecule has 1 amide bonds. The molecule has 3 aromatic rings. The molecule has 1 saturated heterocycles. The second-order valence-corrected chi connectivity index (χ2v) is 7.01. The number of piperidine rings is 1. The van der Waals surface area contributed by atoms with Crippen LogP contribution in [-0.2, 0) is 9.53 Å². The van der Waals surface area contributed by atoms with E-state index in [0.29, 0.717) is 0 Å². The minimum absolute atomic E-state index is 0.0480. The second-order valence-electron chi connectivity index (χ2n) is 7.01. The lowest BCUT2D eigenvalue weighted by molar-refractivity contribution is -0.136. The van der Waals surface area contributed by atoms with Crippen LogP contribution in [0.15, 0.2) is 42.6 Å². The van der Waals surface area contributed by atoms with Crippen LogP contribution in [0.2, 0.25) is 0 Å². The van der Waals surface area contributed by atoms with Crippen LogP contribution in [0.5, 0.6) is 5.75 Å². The van der Waals surface area contributed by atoms with Crippen LogP contribution >= 0.6 is 0 Å².